The third-order valence-electron chi connectivity index (χ3n) is 3.87. The van der Waals surface area contributed by atoms with E-state index < -0.39 is 0 Å². The zero-order valence-corrected chi connectivity index (χ0v) is 11.8. The zero-order valence-electron chi connectivity index (χ0n) is 11.8. The lowest BCUT2D eigenvalue weighted by atomic mass is 10.1. The van der Waals surface area contributed by atoms with Gasteiger partial charge in [-0.25, -0.2) is 0 Å². The molecule has 0 atom stereocenters. The van der Waals surface area contributed by atoms with Crippen molar-refractivity contribution in [2.75, 3.05) is 31.6 Å². The fourth-order valence-electron chi connectivity index (χ4n) is 2.81. The largest absolute Gasteiger partial charge is 0.371 e. The Morgan fingerprint density at radius 2 is 1.83 bits per heavy atom. The number of hydrogen-bond acceptors (Lipinski definition) is 2. The van der Waals surface area contributed by atoms with E-state index in [0.29, 0.717) is 0 Å². The Bertz CT molecular complexity index is 365. The first-order valence-electron chi connectivity index (χ1n) is 7.30. The van der Waals surface area contributed by atoms with Crippen molar-refractivity contribution in [3.8, 4) is 0 Å². The second-order valence-corrected chi connectivity index (χ2v) is 5.38. The number of nitrogens with one attached hydrogen (secondary N) is 1. The maximum atomic E-state index is 3.21. The summed E-state index contributed by atoms with van der Waals surface area (Å²) in [7, 11) is 2.01. The minimum absolute atomic E-state index is 1.06. The molecule has 2 heteroatoms. The van der Waals surface area contributed by atoms with Crippen LogP contribution in [0.15, 0.2) is 18.2 Å². The number of benzene rings is 1. The summed E-state index contributed by atoms with van der Waals surface area (Å²) < 4.78 is 0. The summed E-state index contributed by atoms with van der Waals surface area (Å²) >= 11 is 0. The van der Waals surface area contributed by atoms with Gasteiger partial charge in [0.05, 0.1) is 0 Å². The molecule has 100 valence electrons. The van der Waals surface area contributed by atoms with Crippen molar-refractivity contribution in [2.45, 2.75) is 39.0 Å². The van der Waals surface area contributed by atoms with Gasteiger partial charge in [-0.05, 0) is 57.0 Å². The first kappa shape index (κ1) is 13.4. The predicted molar refractivity (Wildman–Crippen MR) is 79.5 cm³/mol. The van der Waals surface area contributed by atoms with Crippen molar-refractivity contribution in [3.63, 3.8) is 0 Å². The van der Waals surface area contributed by atoms with Crippen LogP contribution >= 0.6 is 0 Å². The Balaban J connectivity index is 2.08. The molecule has 1 N–H and O–H groups in total. The molecule has 0 unspecified atom stereocenters. The SMILES string of the molecule is CNCCc1ccc(N2CCCCCC2)c(C)c1. The second-order valence-electron chi connectivity index (χ2n) is 5.38. The van der Waals surface area contributed by atoms with Crippen LogP contribution in [-0.4, -0.2) is 26.7 Å². The fraction of sp³-hybridized carbons (Fsp3) is 0.625. The van der Waals surface area contributed by atoms with Crippen LogP contribution in [0, 0.1) is 6.92 Å². The molecular weight excluding hydrogens is 220 g/mol. The standard InChI is InChI=1S/C16H26N2/c1-14-13-15(9-10-17-2)7-8-16(14)18-11-5-3-4-6-12-18/h7-8,13,17H,3-6,9-12H2,1-2H3. The molecule has 1 fully saturated rings. The van der Waals surface area contributed by atoms with Gasteiger partial charge in [0, 0.05) is 18.8 Å². The van der Waals surface area contributed by atoms with Gasteiger partial charge in [-0.2, -0.15) is 0 Å². The van der Waals surface area contributed by atoms with E-state index in [4.69, 9.17) is 0 Å². The summed E-state index contributed by atoms with van der Waals surface area (Å²) in [6.45, 7) is 5.78. The molecule has 0 bridgehead atoms. The van der Waals surface area contributed by atoms with Crippen LogP contribution in [-0.2, 0) is 6.42 Å². The van der Waals surface area contributed by atoms with E-state index in [1.807, 2.05) is 7.05 Å². The van der Waals surface area contributed by atoms with E-state index in [2.05, 4.69) is 35.3 Å². The smallest absolute Gasteiger partial charge is 0.0396 e. The Kier molecular flexibility index (Phi) is 5.06. The highest BCUT2D eigenvalue weighted by Crippen LogP contribution is 2.24. The van der Waals surface area contributed by atoms with Gasteiger partial charge in [-0.15, -0.1) is 0 Å². The molecular formula is C16H26N2. The Morgan fingerprint density at radius 3 is 2.44 bits per heavy atom. The number of hydrogen-bond donors (Lipinski definition) is 1. The Morgan fingerprint density at radius 1 is 1.11 bits per heavy atom. The Hall–Kier alpha value is -1.02. The molecule has 0 radical (unpaired) electrons. The van der Waals surface area contributed by atoms with Crippen LogP contribution in [0.5, 0.6) is 0 Å². The molecule has 1 saturated heterocycles. The highest BCUT2D eigenvalue weighted by atomic mass is 15.1. The van der Waals surface area contributed by atoms with Gasteiger partial charge in [0.25, 0.3) is 0 Å². The van der Waals surface area contributed by atoms with E-state index in [-0.39, 0.29) is 0 Å². The van der Waals surface area contributed by atoms with E-state index in [9.17, 15) is 0 Å². The maximum absolute atomic E-state index is 3.21. The van der Waals surface area contributed by atoms with Crippen molar-refractivity contribution in [2.24, 2.45) is 0 Å². The lowest BCUT2D eigenvalue weighted by Crippen LogP contribution is -2.24. The van der Waals surface area contributed by atoms with Crippen LogP contribution in [0.25, 0.3) is 0 Å². The van der Waals surface area contributed by atoms with Gasteiger partial charge in [-0.3, -0.25) is 0 Å². The van der Waals surface area contributed by atoms with Gasteiger partial charge in [0.15, 0.2) is 0 Å². The molecule has 0 saturated carbocycles. The normalized spacial score (nSPS) is 16.7. The van der Waals surface area contributed by atoms with E-state index >= 15 is 0 Å². The minimum Gasteiger partial charge on any atom is -0.371 e. The van der Waals surface area contributed by atoms with Crippen LogP contribution in [0.3, 0.4) is 0 Å². The number of rotatable bonds is 4. The van der Waals surface area contributed by atoms with Crippen molar-refractivity contribution in [1.82, 2.24) is 5.32 Å². The molecule has 0 aliphatic carbocycles. The quantitative estimate of drug-likeness (QED) is 0.878. The number of anilines is 1. The van der Waals surface area contributed by atoms with Crippen molar-refractivity contribution in [3.05, 3.63) is 29.3 Å². The van der Waals surface area contributed by atoms with Crippen molar-refractivity contribution in [1.29, 1.82) is 0 Å². The van der Waals surface area contributed by atoms with Gasteiger partial charge < -0.3 is 10.2 Å². The topological polar surface area (TPSA) is 15.3 Å². The monoisotopic (exact) mass is 246 g/mol. The summed E-state index contributed by atoms with van der Waals surface area (Å²) in [5, 5.41) is 3.21. The van der Waals surface area contributed by atoms with Crippen molar-refractivity contribution < 1.29 is 0 Å². The van der Waals surface area contributed by atoms with Gasteiger partial charge in [0.2, 0.25) is 0 Å². The van der Waals surface area contributed by atoms with E-state index in [1.165, 1.54) is 55.6 Å². The average Bonchev–Trinajstić information content (AvgIpc) is 2.65. The summed E-state index contributed by atoms with van der Waals surface area (Å²) in [5.74, 6) is 0. The summed E-state index contributed by atoms with van der Waals surface area (Å²) in [6, 6.07) is 6.98. The zero-order chi connectivity index (χ0) is 12.8. The third kappa shape index (κ3) is 3.49. The fourth-order valence-corrected chi connectivity index (χ4v) is 2.81. The molecule has 1 heterocycles. The lowest BCUT2D eigenvalue weighted by Gasteiger charge is -2.25. The first-order valence-corrected chi connectivity index (χ1v) is 7.30. The number of nitrogens with zero attached hydrogens (tertiary/aromatic N) is 1. The Labute approximate surface area is 111 Å². The minimum atomic E-state index is 1.06. The van der Waals surface area contributed by atoms with Crippen molar-refractivity contribution >= 4 is 5.69 Å². The molecule has 1 aromatic rings. The van der Waals surface area contributed by atoms with E-state index in [1.54, 1.807) is 0 Å². The molecule has 2 nitrogen and oxygen atoms in total. The van der Waals surface area contributed by atoms with Crippen LogP contribution < -0.4 is 10.2 Å². The molecule has 2 rings (SSSR count). The van der Waals surface area contributed by atoms with Gasteiger partial charge in [-0.1, -0.05) is 25.0 Å². The summed E-state index contributed by atoms with van der Waals surface area (Å²) in [4.78, 5) is 2.57. The molecule has 0 aromatic heterocycles. The molecule has 1 aliphatic heterocycles. The maximum Gasteiger partial charge on any atom is 0.0396 e. The average molecular weight is 246 g/mol. The molecule has 1 aliphatic rings. The van der Waals surface area contributed by atoms with Gasteiger partial charge in [0.1, 0.15) is 0 Å². The lowest BCUT2D eigenvalue weighted by molar-refractivity contribution is 0.726. The first-order chi connectivity index (χ1) is 8.81. The summed E-state index contributed by atoms with van der Waals surface area (Å²) in [6.07, 6.45) is 6.62. The highest BCUT2D eigenvalue weighted by Gasteiger charge is 2.11. The molecule has 1 aromatic carbocycles. The molecule has 0 amide bonds. The van der Waals surface area contributed by atoms with Gasteiger partial charge >= 0.3 is 0 Å². The second kappa shape index (κ2) is 6.79. The predicted octanol–water partition coefficient (Wildman–Crippen LogP) is 3.14. The third-order valence-corrected chi connectivity index (χ3v) is 3.87. The number of aryl methyl sites for hydroxylation is 1. The summed E-state index contributed by atoms with van der Waals surface area (Å²) in [5.41, 5.74) is 4.33. The molecule has 0 spiro atoms. The van der Waals surface area contributed by atoms with Crippen LogP contribution in [0.2, 0.25) is 0 Å². The number of likely N-dealkylation sites (N-methyl/N-ethyl adjacent to an activating group) is 1. The van der Waals surface area contributed by atoms with E-state index in [0.717, 1.165) is 13.0 Å². The highest BCUT2D eigenvalue weighted by molar-refractivity contribution is 5.54. The molecule has 18 heavy (non-hydrogen) atoms. The van der Waals surface area contributed by atoms with Crippen LogP contribution in [0.1, 0.15) is 36.8 Å². The van der Waals surface area contributed by atoms with Crippen LogP contribution in [0.4, 0.5) is 5.69 Å².